The van der Waals surface area contributed by atoms with Crippen molar-refractivity contribution in [1.29, 1.82) is 0 Å². The van der Waals surface area contributed by atoms with Crippen molar-refractivity contribution in [3.8, 4) is 61.8 Å². The number of rotatable bonds is 11. The van der Waals surface area contributed by atoms with Crippen LogP contribution >= 0.6 is 11.8 Å². The van der Waals surface area contributed by atoms with Crippen LogP contribution in [0.2, 0.25) is 0 Å². The number of H-pyrrole nitrogens is 2. The molecule has 0 radical (unpaired) electrons. The fourth-order valence-corrected chi connectivity index (χ4v) is 9.49. The van der Waals surface area contributed by atoms with Crippen LogP contribution in [0.5, 0.6) is 17.2 Å². The van der Waals surface area contributed by atoms with Crippen LogP contribution in [0.25, 0.3) is 90.9 Å². The first-order valence-corrected chi connectivity index (χ1v) is 22.4. The van der Waals surface area contributed by atoms with E-state index in [9.17, 15) is 5.11 Å². The Labute approximate surface area is 392 Å². The van der Waals surface area contributed by atoms with Crippen LogP contribution in [-0.2, 0) is 0 Å². The lowest BCUT2D eigenvalue weighted by atomic mass is 10.0. The molecule has 5 heterocycles. The van der Waals surface area contributed by atoms with Gasteiger partial charge in [-0.05, 0) is 107 Å². The number of halogens is 4. The fourth-order valence-electron chi connectivity index (χ4n) is 8.54. The zero-order valence-corrected chi connectivity index (χ0v) is 37.5. The highest BCUT2D eigenvalue weighted by Gasteiger charge is 2.30. The van der Waals surface area contributed by atoms with Crippen molar-refractivity contribution in [2.75, 3.05) is 27.1 Å². The molecule has 5 aromatic carbocycles. The molecule has 338 valence electrons. The van der Waals surface area contributed by atoms with Crippen molar-refractivity contribution in [1.82, 2.24) is 19.9 Å². The maximum atomic E-state index is 16.9. The molecule has 3 N–H and O–H groups in total. The van der Waals surface area contributed by atoms with Gasteiger partial charge in [0.05, 0.1) is 60.7 Å². The summed E-state index contributed by atoms with van der Waals surface area (Å²) in [5, 5.41) is 10.8. The number of aromatic amines is 2. The number of thioether (sulfide) groups is 1. The number of nitrogens with one attached hydrogen (secondary N) is 2. The smallest absolute Gasteiger partial charge is 0.176 e. The van der Waals surface area contributed by atoms with Gasteiger partial charge in [0.2, 0.25) is 0 Å². The molecule has 0 saturated carbocycles. The molecule has 0 amide bonds. The van der Waals surface area contributed by atoms with Gasteiger partial charge in [0.25, 0.3) is 0 Å². The Morgan fingerprint density at radius 1 is 0.456 bits per heavy atom. The minimum atomic E-state index is -1.62. The van der Waals surface area contributed by atoms with Crippen LogP contribution in [0.4, 0.5) is 17.6 Å². The van der Waals surface area contributed by atoms with E-state index >= 15 is 17.6 Å². The van der Waals surface area contributed by atoms with Gasteiger partial charge < -0.3 is 29.3 Å². The van der Waals surface area contributed by atoms with Crippen LogP contribution in [0, 0.1) is 23.3 Å². The van der Waals surface area contributed by atoms with Crippen LogP contribution in [0.1, 0.15) is 34.4 Å². The number of nitrogens with zero attached hydrogens (tertiary/aromatic N) is 2. The summed E-state index contributed by atoms with van der Waals surface area (Å²) >= 11 is 0.481. The number of ether oxygens (including phenoxy) is 3. The molecule has 68 heavy (non-hydrogen) atoms. The Bertz CT molecular complexity index is 3390. The molecule has 10 rings (SSSR count). The van der Waals surface area contributed by atoms with E-state index in [2.05, 4.69) is 9.97 Å². The van der Waals surface area contributed by atoms with E-state index in [1.807, 2.05) is 97.1 Å². The molecule has 2 aliphatic heterocycles. The van der Waals surface area contributed by atoms with Crippen molar-refractivity contribution >= 4 is 58.1 Å². The second kappa shape index (κ2) is 18.4. The summed E-state index contributed by atoms with van der Waals surface area (Å²) < 4.78 is 83.1. The Morgan fingerprint density at radius 3 is 1.18 bits per heavy atom. The third kappa shape index (κ3) is 8.09. The molecule has 13 heteroatoms. The van der Waals surface area contributed by atoms with Crippen molar-refractivity contribution in [2.24, 2.45) is 0 Å². The molecule has 8 nitrogen and oxygen atoms in total. The Hall–Kier alpha value is -7.87. The van der Waals surface area contributed by atoms with Crippen LogP contribution in [0.3, 0.4) is 0 Å². The van der Waals surface area contributed by atoms with E-state index in [1.165, 1.54) is 0 Å². The summed E-state index contributed by atoms with van der Waals surface area (Å²) in [6.45, 7) is 0. The molecule has 3 aromatic heterocycles. The molecular formula is C55H40F4N4O4S. The van der Waals surface area contributed by atoms with Crippen LogP contribution in [0.15, 0.2) is 132 Å². The topological polar surface area (TPSA) is 105 Å². The minimum absolute atomic E-state index is 0.0278. The molecule has 0 aliphatic carbocycles. The zero-order chi connectivity index (χ0) is 47.1. The van der Waals surface area contributed by atoms with E-state index in [0.29, 0.717) is 73.8 Å². The maximum Gasteiger partial charge on any atom is 0.176 e. The van der Waals surface area contributed by atoms with Gasteiger partial charge in [-0.3, -0.25) is 0 Å². The lowest BCUT2D eigenvalue weighted by molar-refractivity contribution is 0.204. The number of methoxy groups -OCH3 is 3. The Balaban J connectivity index is 1.29. The van der Waals surface area contributed by atoms with Crippen molar-refractivity contribution in [3.63, 3.8) is 0 Å². The summed E-state index contributed by atoms with van der Waals surface area (Å²) in [4.78, 5) is 16.3. The SMILES string of the molecule is COc1ccc(-c2c3nc(c(-c4ccc(OC)cc4)c4ccc([nH]4)c(-c4c(F)c(F)c(SCC(O)c5ccccc5)c(F)c4F)c4nc(c(-c5ccc(OC)cc5)c5ccc2[nH]5)C=C4)C=C3)cc1. The summed E-state index contributed by atoms with van der Waals surface area (Å²) in [6, 6.07) is 38.1. The first-order chi connectivity index (χ1) is 33.1. The highest BCUT2D eigenvalue weighted by Crippen LogP contribution is 2.43. The number of benzene rings is 5. The quantitative estimate of drug-likeness (QED) is 0.0674. The average Bonchev–Trinajstić information content (AvgIpc) is 4.24. The second-order valence-electron chi connectivity index (χ2n) is 15.9. The van der Waals surface area contributed by atoms with Gasteiger partial charge in [-0.2, -0.15) is 0 Å². The normalized spacial score (nSPS) is 12.4. The zero-order valence-electron chi connectivity index (χ0n) is 36.7. The highest BCUT2D eigenvalue weighted by atomic mass is 32.2. The third-order valence-electron chi connectivity index (χ3n) is 11.9. The standard InChI is InChI=1S/C55H40F4N4O4S/c1-65-34-15-9-31(10-16-34)46-37-21-23-39(60-37)47(32-11-17-35(66-2)18-12-32)41-25-27-43(62-41)49(50-51(56)53(58)55(54(59)52(50)57)68-29-45(64)30-7-5-4-6-8-30)44-28-26-42(63-44)48(40-24-22-38(46)61-40)33-13-19-36(67-3)20-14-33/h4-28,45,60,63-64H,29H2,1-3H3. The average molecular weight is 929 g/mol. The first-order valence-electron chi connectivity index (χ1n) is 21.5. The Morgan fingerprint density at radius 2 is 0.809 bits per heavy atom. The predicted octanol–water partition coefficient (Wildman–Crippen LogP) is 13.7. The van der Waals surface area contributed by atoms with E-state index in [1.54, 1.807) is 75.9 Å². The number of hydrogen-bond acceptors (Lipinski definition) is 7. The van der Waals surface area contributed by atoms with Gasteiger partial charge in [-0.15, -0.1) is 11.8 Å². The molecule has 1 unspecified atom stereocenters. The number of aliphatic hydroxyl groups is 1. The largest absolute Gasteiger partial charge is 0.497 e. The lowest BCUT2D eigenvalue weighted by Gasteiger charge is -2.15. The third-order valence-corrected chi connectivity index (χ3v) is 13.1. The first kappa shape index (κ1) is 44.0. The molecule has 8 bridgehead atoms. The van der Waals surface area contributed by atoms with E-state index in [0.717, 1.165) is 27.8 Å². The lowest BCUT2D eigenvalue weighted by Crippen LogP contribution is -2.06. The fraction of sp³-hybridized carbons (Fsp3) is 0.0909. The van der Waals surface area contributed by atoms with Crippen molar-refractivity contribution < 1.29 is 36.9 Å². The summed E-state index contributed by atoms with van der Waals surface area (Å²) in [6.07, 6.45) is 5.91. The number of aliphatic hydroxyl groups excluding tert-OH is 1. The number of aromatic nitrogens is 4. The van der Waals surface area contributed by atoms with E-state index in [-0.39, 0.29) is 22.5 Å². The van der Waals surface area contributed by atoms with Crippen molar-refractivity contribution in [3.05, 3.63) is 179 Å². The van der Waals surface area contributed by atoms with Gasteiger partial charge in [0.15, 0.2) is 23.3 Å². The monoisotopic (exact) mass is 928 g/mol. The van der Waals surface area contributed by atoms with Gasteiger partial charge >= 0.3 is 0 Å². The van der Waals surface area contributed by atoms with E-state index in [4.69, 9.17) is 24.2 Å². The predicted molar refractivity (Wildman–Crippen MR) is 262 cm³/mol. The molecule has 8 aromatic rings. The van der Waals surface area contributed by atoms with Gasteiger partial charge in [0, 0.05) is 50.1 Å². The van der Waals surface area contributed by atoms with Gasteiger partial charge in [-0.1, -0.05) is 66.7 Å². The molecule has 1 atom stereocenters. The second-order valence-corrected chi connectivity index (χ2v) is 16.9. The van der Waals surface area contributed by atoms with Crippen LogP contribution in [-0.4, -0.2) is 52.1 Å². The molecule has 0 spiro atoms. The van der Waals surface area contributed by atoms with Gasteiger partial charge in [-0.25, -0.2) is 27.5 Å². The number of hydrogen-bond donors (Lipinski definition) is 3. The van der Waals surface area contributed by atoms with Gasteiger partial charge in [0.1, 0.15) is 17.2 Å². The molecule has 0 fully saturated rings. The highest BCUT2D eigenvalue weighted by molar-refractivity contribution is 7.99. The molecular weight excluding hydrogens is 889 g/mol. The number of fused-ring (bicyclic) bond motifs is 8. The molecule has 0 saturated heterocycles. The van der Waals surface area contributed by atoms with E-state index < -0.39 is 39.8 Å². The summed E-state index contributed by atoms with van der Waals surface area (Å²) in [7, 11) is 4.75. The maximum absolute atomic E-state index is 16.9. The summed E-state index contributed by atoms with van der Waals surface area (Å²) in [5.41, 5.74) is 7.20. The van der Waals surface area contributed by atoms with Crippen LogP contribution < -0.4 is 14.2 Å². The Kier molecular flexibility index (Phi) is 11.9. The molecule has 2 aliphatic rings. The summed E-state index contributed by atoms with van der Waals surface area (Å²) in [5.74, 6) is -4.80. The van der Waals surface area contributed by atoms with Crippen molar-refractivity contribution in [2.45, 2.75) is 11.0 Å². The minimum Gasteiger partial charge on any atom is -0.497 e.